The Bertz CT molecular complexity index is 421. The van der Waals surface area contributed by atoms with Crippen molar-refractivity contribution in [2.45, 2.75) is 19.4 Å². The first-order valence-electron chi connectivity index (χ1n) is 4.50. The third-order valence-corrected chi connectivity index (χ3v) is 3.76. The summed E-state index contributed by atoms with van der Waals surface area (Å²) in [6.07, 6.45) is -0.407. The molecule has 8 heteroatoms. The first-order chi connectivity index (χ1) is 7.32. The van der Waals surface area contributed by atoms with Crippen LogP contribution in [0.1, 0.15) is 13.3 Å². The number of aliphatic carboxylic acids is 1. The molecule has 90 valence electrons. The number of hydrogen-bond acceptors (Lipinski definition) is 6. The Kier molecular flexibility index (Phi) is 3.63. The highest BCUT2D eigenvalue weighted by molar-refractivity contribution is 7.91. The molecule has 1 N–H and O–H groups in total. The maximum atomic E-state index is 11.0. The van der Waals surface area contributed by atoms with Crippen molar-refractivity contribution in [2.75, 3.05) is 11.5 Å². The zero-order valence-electron chi connectivity index (χ0n) is 8.54. The minimum Gasteiger partial charge on any atom is -0.476 e. The largest absolute Gasteiger partial charge is 0.476 e. The number of Topliss-reactive ketones (excluding diaryl/α,β-unsaturated/α-hetero) is 1. The summed E-state index contributed by atoms with van der Waals surface area (Å²) in [5.41, 5.74) is -0.732. The van der Waals surface area contributed by atoms with Crippen molar-refractivity contribution >= 4 is 27.3 Å². The minimum absolute atomic E-state index is 0.00430. The SMILES string of the molecule is CC(=O)C(=NOC1CCS(=O)(=O)C1)C(=O)O. The van der Waals surface area contributed by atoms with E-state index >= 15 is 0 Å². The molecule has 0 aromatic carbocycles. The summed E-state index contributed by atoms with van der Waals surface area (Å²) >= 11 is 0. The highest BCUT2D eigenvalue weighted by Gasteiger charge is 2.30. The first-order valence-corrected chi connectivity index (χ1v) is 6.32. The zero-order valence-corrected chi connectivity index (χ0v) is 9.36. The second kappa shape index (κ2) is 4.60. The van der Waals surface area contributed by atoms with Crippen molar-refractivity contribution in [2.24, 2.45) is 5.16 Å². The molecule has 16 heavy (non-hydrogen) atoms. The lowest BCUT2D eigenvalue weighted by Crippen LogP contribution is -2.23. The molecule has 0 spiro atoms. The van der Waals surface area contributed by atoms with Gasteiger partial charge in [-0.3, -0.25) is 4.79 Å². The fraction of sp³-hybridized carbons (Fsp3) is 0.625. The molecule has 1 fully saturated rings. The van der Waals surface area contributed by atoms with Crippen LogP contribution in [0.25, 0.3) is 0 Å². The van der Waals surface area contributed by atoms with Gasteiger partial charge in [-0.05, 0) is 0 Å². The summed E-state index contributed by atoms with van der Waals surface area (Å²) in [6.45, 7) is 1.04. The van der Waals surface area contributed by atoms with Crippen LogP contribution in [0, 0.1) is 0 Å². The highest BCUT2D eigenvalue weighted by atomic mass is 32.2. The number of carbonyl (C=O) groups is 2. The van der Waals surface area contributed by atoms with Gasteiger partial charge >= 0.3 is 5.97 Å². The summed E-state index contributed by atoms with van der Waals surface area (Å²) < 4.78 is 22.1. The van der Waals surface area contributed by atoms with Gasteiger partial charge in [0.15, 0.2) is 15.6 Å². The number of hydrogen-bond donors (Lipinski definition) is 1. The van der Waals surface area contributed by atoms with Crippen LogP contribution >= 0.6 is 0 Å². The van der Waals surface area contributed by atoms with E-state index in [0.29, 0.717) is 0 Å². The van der Waals surface area contributed by atoms with Gasteiger partial charge in [-0.1, -0.05) is 5.16 Å². The summed E-state index contributed by atoms with van der Waals surface area (Å²) in [5.74, 6) is -2.43. The average Bonchev–Trinajstić information content (AvgIpc) is 2.44. The summed E-state index contributed by atoms with van der Waals surface area (Å²) in [4.78, 5) is 26.1. The van der Waals surface area contributed by atoms with E-state index in [1.807, 2.05) is 0 Å². The van der Waals surface area contributed by atoms with Crippen LogP contribution in [0.5, 0.6) is 0 Å². The van der Waals surface area contributed by atoms with E-state index in [0.717, 1.165) is 6.92 Å². The fourth-order valence-corrected chi connectivity index (χ4v) is 2.81. The second-order valence-electron chi connectivity index (χ2n) is 3.43. The number of oxime groups is 1. The quantitative estimate of drug-likeness (QED) is 0.397. The van der Waals surface area contributed by atoms with Crippen LogP contribution in [0.4, 0.5) is 0 Å². The summed E-state index contributed by atoms with van der Waals surface area (Å²) in [6, 6.07) is 0. The molecule has 1 unspecified atom stereocenters. The van der Waals surface area contributed by atoms with Gasteiger partial charge in [0, 0.05) is 13.3 Å². The first kappa shape index (κ1) is 12.6. The number of nitrogens with zero attached hydrogens (tertiary/aromatic N) is 1. The molecule has 7 nitrogen and oxygen atoms in total. The molecule has 1 aliphatic heterocycles. The molecule has 0 bridgehead atoms. The predicted molar refractivity (Wildman–Crippen MR) is 53.9 cm³/mol. The van der Waals surface area contributed by atoms with Crippen LogP contribution in [0.2, 0.25) is 0 Å². The topological polar surface area (TPSA) is 110 Å². The normalized spacial score (nSPS) is 24.1. The van der Waals surface area contributed by atoms with Gasteiger partial charge in [-0.2, -0.15) is 0 Å². The Morgan fingerprint density at radius 2 is 2.06 bits per heavy atom. The molecular formula is C8H11NO6S. The molecule has 1 saturated heterocycles. The lowest BCUT2D eigenvalue weighted by molar-refractivity contribution is -0.130. The van der Waals surface area contributed by atoms with E-state index in [-0.39, 0.29) is 17.9 Å². The van der Waals surface area contributed by atoms with Gasteiger partial charge < -0.3 is 9.94 Å². The van der Waals surface area contributed by atoms with Gasteiger partial charge in [-0.15, -0.1) is 0 Å². The molecule has 0 aromatic heterocycles. The van der Waals surface area contributed by atoms with Crippen molar-refractivity contribution in [3.63, 3.8) is 0 Å². The van der Waals surface area contributed by atoms with Crippen LogP contribution in [0.3, 0.4) is 0 Å². The number of carboxylic acid groups (broad SMARTS) is 1. The van der Waals surface area contributed by atoms with E-state index in [4.69, 9.17) is 9.94 Å². The molecule has 1 rings (SSSR count). The van der Waals surface area contributed by atoms with E-state index < -0.39 is 33.4 Å². The third kappa shape index (κ3) is 3.30. The molecular weight excluding hydrogens is 238 g/mol. The standard InChI is InChI=1S/C8H11NO6S/c1-5(10)7(8(11)12)9-15-6-2-3-16(13,14)4-6/h6H,2-4H2,1H3,(H,11,12). The fourth-order valence-electron chi connectivity index (χ4n) is 1.23. The molecule has 1 aliphatic rings. The number of sulfone groups is 1. The minimum atomic E-state index is -3.11. The van der Waals surface area contributed by atoms with Crippen molar-refractivity contribution in [1.29, 1.82) is 0 Å². The van der Waals surface area contributed by atoms with Crippen molar-refractivity contribution in [1.82, 2.24) is 0 Å². The molecule has 0 aliphatic carbocycles. The third-order valence-electron chi connectivity index (χ3n) is 2.02. The Balaban J connectivity index is 2.66. The van der Waals surface area contributed by atoms with Gasteiger partial charge in [0.05, 0.1) is 11.5 Å². The van der Waals surface area contributed by atoms with Crippen LogP contribution in [-0.4, -0.2) is 48.6 Å². The monoisotopic (exact) mass is 249 g/mol. The van der Waals surface area contributed by atoms with Crippen molar-refractivity contribution in [3.8, 4) is 0 Å². The Morgan fingerprint density at radius 3 is 2.44 bits per heavy atom. The van der Waals surface area contributed by atoms with Gasteiger partial charge in [0.1, 0.15) is 6.10 Å². The van der Waals surface area contributed by atoms with Crippen LogP contribution < -0.4 is 0 Å². The number of carbonyl (C=O) groups excluding carboxylic acids is 1. The second-order valence-corrected chi connectivity index (χ2v) is 5.66. The number of ketones is 1. The molecule has 1 heterocycles. The number of rotatable bonds is 4. The maximum absolute atomic E-state index is 11.0. The van der Waals surface area contributed by atoms with Crippen molar-refractivity contribution in [3.05, 3.63) is 0 Å². The Hall–Kier alpha value is -1.44. The van der Waals surface area contributed by atoms with E-state index in [1.165, 1.54) is 0 Å². The molecule has 0 amide bonds. The van der Waals surface area contributed by atoms with Crippen molar-refractivity contribution < 1.29 is 28.0 Å². The molecule has 0 radical (unpaired) electrons. The van der Waals surface area contributed by atoms with E-state index in [1.54, 1.807) is 0 Å². The number of carboxylic acids is 1. The lowest BCUT2D eigenvalue weighted by Gasteiger charge is -2.05. The smallest absolute Gasteiger partial charge is 0.361 e. The van der Waals surface area contributed by atoms with E-state index in [2.05, 4.69) is 5.16 Å². The summed E-state index contributed by atoms with van der Waals surface area (Å²) in [5, 5.41) is 11.7. The molecule has 0 aromatic rings. The molecule has 1 atom stereocenters. The molecule has 0 saturated carbocycles. The van der Waals surface area contributed by atoms with Gasteiger partial charge in [-0.25, -0.2) is 13.2 Å². The Labute approximate surface area is 92.0 Å². The highest BCUT2D eigenvalue weighted by Crippen LogP contribution is 2.14. The van der Waals surface area contributed by atoms with Gasteiger partial charge in [0.2, 0.25) is 5.71 Å². The van der Waals surface area contributed by atoms with Crippen LogP contribution in [-0.2, 0) is 24.3 Å². The predicted octanol–water partition coefficient (Wildman–Crippen LogP) is -0.780. The average molecular weight is 249 g/mol. The van der Waals surface area contributed by atoms with Gasteiger partial charge in [0.25, 0.3) is 0 Å². The Morgan fingerprint density at radius 1 is 1.44 bits per heavy atom. The maximum Gasteiger partial charge on any atom is 0.361 e. The van der Waals surface area contributed by atoms with E-state index in [9.17, 15) is 18.0 Å². The zero-order chi connectivity index (χ0) is 12.3. The van der Waals surface area contributed by atoms with Crippen LogP contribution in [0.15, 0.2) is 5.16 Å². The summed E-state index contributed by atoms with van der Waals surface area (Å²) in [7, 11) is -3.11. The lowest BCUT2D eigenvalue weighted by atomic mass is 10.3.